The Balaban J connectivity index is 2.38. The number of urea groups is 1. The van der Waals surface area contributed by atoms with E-state index in [1.54, 1.807) is 0 Å². The molecule has 8 heteroatoms. The molecule has 3 N–H and O–H groups in total. The number of carbonyl (C=O) groups is 2. The first-order chi connectivity index (χ1) is 9.70. The number of halogens is 3. The van der Waals surface area contributed by atoms with Gasteiger partial charge in [-0.25, -0.2) is 9.59 Å². The SMILES string of the molecule is CC(CNC(=O)NCc1ccc(C(=O)O)cc1)C(F)(F)F. The van der Waals surface area contributed by atoms with E-state index in [1.165, 1.54) is 24.3 Å². The average Bonchev–Trinajstić information content (AvgIpc) is 2.41. The number of carboxylic acid groups (broad SMARTS) is 1. The van der Waals surface area contributed by atoms with Crippen LogP contribution >= 0.6 is 0 Å². The van der Waals surface area contributed by atoms with Gasteiger partial charge in [-0.15, -0.1) is 0 Å². The van der Waals surface area contributed by atoms with E-state index in [4.69, 9.17) is 5.11 Å². The molecule has 116 valence electrons. The Morgan fingerprint density at radius 3 is 2.24 bits per heavy atom. The minimum atomic E-state index is -4.35. The summed E-state index contributed by atoms with van der Waals surface area (Å²) in [5.41, 5.74) is 0.751. The third-order valence-electron chi connectivity index (χ3n) is 2.78. The van der Waals surface area contributed by atoms with Gasteiger partial charge >= 0.3 is 18.2 Å². The van der Waals surface area contributed by atoms with Gasteiger partial charge in [0.25, 0.3) is 0 Å². The third kappa shape index (κ3) is 5.72. The summed E-state index contributed by atoms with van der Waals surface area (Å²) in [6.45, 7) is 0.560. The van der Waals surface area contributed by atoms with Crippen LogP contribution in [0.4, 0.5) is 18.0 Å². The maximum Gasteiger partial charge on any atom is 0.393 e. The quantitative estimate of drug-likeness (QED) is 0.781. The van der Waals surface area contributed by atoms with Crippen molar-refractivity contribution in [3.63, 3.8) is 0 Å². The van der Waals surface area contributed by atoms with E-state index >= 15 is 0 Å². The summed E-state index contributed by atoms with van der Waals surface area (Å²) in [4.78, 5) is 22.0. The van der Waals surface area contributed by atoms with Crippen molar-refractivity contribution in [3.8, 4) is 0 Å². The van der Waals surface area contributed by atoms with Gasteiger partial charge in [0.05, 0.1) is 11.5 Å². The number of alkyl halides is 3. The number of aromatic carboxylic acids is 1. The minimum absolute atomic E-state index is 0.0894. The first-order valence-corrected chi connectivity index (χ1v) is 6.11. The zero-order valence-electron chi connectivity index (χ0n) is 11.2. The molecule has 0 aliphatic heterocycles. The molecule has 0 bridgehead atoms. The summed E-state index contributed by atoms with van der Waals surface area (Å²) in [5.74, 6) is -2.69. The smallest absolute Gasteiger partial charge is 0.393 e. The maximum absolute atomic E-state index is 12.2. The number of nitrogens with one attached hydrogen (secondary N) is 2. The fourth-order valence-corrected chi connectivity index (χ4v) is 1.37. The van der Waals surface area contributed by atoms with Gasteiger partial charge in [0.1, 0.15) is 0 Å². The van der Waals surface area contributed by atoms with Crippen molar-refractivity contribution in [3.05, 3.63) is 35.4 Å². The van der Waals surface area contributed by atoms with Crippen LogP contribution in [0.5, 0.6) is 0 Å². The summed E-state index contributed by atoms with van der Waals surface area (Å²) >= 11 is 0. The molecule has 1 rings (SSSR count). The number of amides is 2. The van der Waals surface area contributed by atoms with Crippen LogP contribution < -0.4 is 10.6 Å². The molecule has 1 aromatic carbocycles. The number of hydrogen-bond donors (Lipinski definition) is 3. The second-order valence-electron chi connectivity index (χ2n) is 4.51. The van der Waals surface area contributed by atoms with Crippen molar-refractivity contribution in [1.29, 1.82) is 0 Å². The lowest BCUT2D eigenvalue weighted by Crippen LogP contribution is -2.40. The molecular weight excluding hydrogens is 289 g/mol. The van der Waals surface area contributed by atoms with Crippen LogP contribution in [0.3, 0.4) is 0 Å². The molecule has 0 fully saturated rings. The van der Waals surface area contributed by atoms with Crippen molar-refractivity contribution in [2.45, 2.75) is 19.6 Å². The van der Waals surface area contributed by atoms with Crippen LogP contribution in [0, 0.1) is 5.92 Å². The second-order valence-corrected chi connectivity index (χ2v) is 4.51. The largest absolute Gasteiger partial charge is 0.478 e. The second kappa shape index (κ2) is 6.96. The molecule has 0 saturated carbocycles. The molecule has 0 spiro atoms. The molecule has 1 atom stereocenters. The maximum atomic E-state index is 12.2. The van der Waals surface area contributed by atoms with Gasteiger partial charge in [-0.1, -0.05) is 19.1 Å². The topological polar surface area (TPSA) is 78.4 Å². The minimum Gasteiger partial charge on any atom is -0.478 e. The van der Waals surface area contributed by atoms with Crippen LogP contribution in [0.15, 0.2) is 24.3 Å². The fraction of sp³-hybridized carbons (Fsp3) is 0.385. The van der Waals surface area contributed by atoms with Gasteiger partial charge in [-0.2, -0.15) is 13.2 Å². The van der Waals surface area contributed by atoms with E-state index in [1.807, 2.05) is 0 Å². The highest BCUT2D eigenvalue weighted by Crippen LogP contribution is 2.24. The number of carbonyl (C=O) groups excluding carboxylic acids is 1. The normalized spacial score (nSPS) is 12.6. The molecule has 21 heavy (non-hydrogen) atoms. The fourth-order valence-electron chi connectivity index (χ4n) is 1.37. The Bertz CT molecular complexity index is 500. The van der Waals surface area contributed by atoms with Crippen LogP contribution in [0.1, 0.15) is 22.8 Å². The van der Waals surface area contributed by atoms with E-state index in [0.717, 1.165) is 6.92 Å². The van der Waals surface area contributed by atoms with Crippen molar-refractivity contribution in [2.75, 3.05) is 6.54 Å². The summed E-state index contributed by atoms with van der Waals surface area (Å²) < 4.78 is 36.7. The van der Waals surface area contributed by atoms with E-state index in [2.05, 4.69) is 10.6 Å². The molecule has 1 aromatic rings. The lowest BCUT2D eigenvalue weighted by Gasteiger charge is -2.16. The molecule has 0 heterocycles. The number of hydrogen-bond acceptors (Lipinski definition) is 2. The molecule has 0 aliphatic rings. The summed E-state index contributed by atoms with van der Waals surface area (Å²) in [5, 5.41) is 13.2. The highest BCUT2D eigenvalue weighted by molar-refractivity contribution is 5.87. The lowest BCUT2D eigenvalue weighted by atomic mass is 10.1. The highest BCUT2D eigenvalue weighted by atomic mass is 19.4. The van der Waals surface area contributed by atoms with E-state index < -0.39 is 30.6 Å². The molecule has 0 aromatic heterocycles. The molecule has 2 amide bonds. The zero-order valence-corrected chi connectivity index (χ0v) is 11.2. The van der Waals surface area contributed by atoms with Crippen LogP contribution in [-0.4, -0.2) is 29.8 Å². The molecule has 1 unspecified atom stereocenters. The Morgan fingerprint density at radius 1 is 1.19 bits per heavy atom. The molecule has 0 radical (unpaired) electrons. The van der Waals surface area contributed by atoms with Gasteiger partial charge in [0, 0.05) is 13.1 Å². The standard InChI is InChI=1S/C13H15F3N2O3/c1-8(13(14,15)16)6-17-12(21)18-7-9-2-4-10(5-3-9)11(19)20/h2-5,8H,6-7H2,1H3,(H,19,20)(H2,17,18,21). The van der Waals surface area contributed by atoms with Crippen LogP contribution in [-0.2, 0) is 6.54 Å². The van der Waals surface area contributed by atoms with E-state index in [9.17, 15) is 22.8 Å². The summed E-state index contributed by atoms with van der Waals surface area (Å²) in [6.07, 6.45) is -4.35. The Hall–Kier alpha value is -2.25. The Morgan fingerprint density at radius 2 is 1.76 bits per heavy atom. The monoisotopic (exact) mass is 304 g/mol. The van der Waals surface area contributed by atoms with Crippen LogP contribution in [0.2, 0.25) is 0 Å². The predicted molar refractivity (Wildman–Crippen MR) is 68.9 cm³/mol. The molecule has 0 saturated heterocycles. The summed E-state index contributed by atoms with van der Waals surface area (Å²) in [6, 6.07) is 5.07. The Labute approximate surface area is 119 Å². The average molecular weight is 304 g/mol. The van der Waals surface area contributed by atoms with Gasteiger partial charge in [0.2, 0.25) is 0 Å². The van der Waals surface area contributed by atoms with Crippen molar-refractivity contribution in [2.24, 2.45) is 5.92 Å². The van der Waals surface area contributed by atoms with Crippen molar-refractivity contribution < 1.29 is 27.9 Å². The Kier molecular flexibility index (Phi) is 5.57. The number of carboxylic acids is 1. The molecular formula is C13H15F3N2O3. The summed E-state index contributed by atoms with van der Waals surface area (Å²) in [7, 11) is 0. The number of rotatable bonds is 5. The van der Waals surface area contributed by atoms with Crippen LogP contribution in [0.25, 0.3) is 0 Å². The third-order valence-corrected chi connectivity index (χ3v) is 2.78. The molecule has 0 aliphatic carbocycles. The number of benzene rings is 1. The van der Waals surface area contributed by atoms with Gasteiger partial charge < -0.3 is 15.7 Å². The van der Waals surface area contributed by atoms with E-state index in [0.29, 0.717) is 5.56 Å². The van der Waals surface area contributed by atoms with E-state index in [-0.39, 0.29) is 12.1 Å². The lowest BCUT2D eigenvalue weighted by molar-refractivity contribution is -0.167. The highest BCUT2D eigenvalue weighted by Gasteiger charge is 2.35. The van der Waals surface area contributed by atoms with Gasteiger partial charge in [-0.05, 0) is 17.7 Å². The van der Waals surface area contributed by atoms with Crippen molar-refractivity contribution >= 4 is 12.0 Å². The first kappa shape index (κ1) is 16.8. The van der Waals surface area contributed by atoms with Gasteiger partial charge in [0.15, 0.2) is 0 Å². The zero-order chi connectivity index (χ0) is 16.0. The van der Waals surface area contributed by atoms with Gasteiger partial charge in [-0.3, -0.25) is 0 Å². The first-order valence-electron chi connectivity index (χ1n) is 6.11. The van der Waals surface area contributed by atoms with Crippen molar-refractivity contribution in [1.82, 2.24) is 10.6 Å². The predicted octanol–water partition coefficient (Wildman–Crippen LogP) is 2.38. The molecule has 5 nitrogen and oxygen atoms in total.